The molecule has 0 saturated heterocycles. The number of hydrogen-bond donors (Lipinski definition) is 1. The van der Waals surface area contributed by atoms with Crippen molar-refractivity contribution in [3.05, 3.63) is 87.1 Å². The van der Waals surface area contributed by atoms with Gasteiger partial charge < -0.3 is 0 Å². The van der Waals surface area contributed by atoms with Crippen molar-refractivity contribution in [3.63, 3.8) is 0 Å². The van der Waals surface area contributed by atoms with E-state index >= 15 is 0 Å². The molecule has 1 aromatic heterocycles. The fourth-order valence-corrected chi connectivity index (χ4v) is 4.77. The maximum absolute atomic E-state index is 13.2. The number of rotatable bonds is 8. The average molecular weight is 462 g/mol. The number of hydrogen-bond acceptors (Lipinski definition) is 5. The molecule has 9 heteroatoms. The molecule has 0 unspecified atom stereocenters. The Morgan fingerprint density at radius 2 is 1.87 bits per heavy atom. The largest absolute Gasteiger partial charge is 0.272 e. The van der Waals surface area contributed by atoms with Crippen molar-refractivity contribution >= 4 is 45.1 Å². The van der Waals surface area contributed by atoms with Gasteiger partial charge in [-0.15, -0.1) is 11.3 Å². The Labute approximate surface area is 184 Å². The molecular formula is C21H20ClN3O3S2. The van der Waals surface area contributed by atoms with Crippen LogP contribution in [0.1, 0.15) is 16.0 Å². The number of nitrogens with zero attached hydrogens (tertiary/aromatic N) is 2. The van der Waals surface area contributed by atoms with Crippen LogP contribution in [0.3, 0.4) is 0 Å². The van der Waals surface area contributed by atoms with Gasteiger partial charge in [0.25, 0.3) is 5.91 Å². The summed E-state index contributed by atoms with van der Waals surface area (Å²) in [4.78, 5) is 13.4. The Hall–Kier alpha value is -2.52. The third-order valence-electron chi connectivity index (χ3n) is 4.30. The van der Waals surface area contributed by atoms with E-state index in [1.165, 1.54) is 41.8 Å². The predicted molar refractivity (Wildman–Crippen MR) is 120 cm³/mol. The molecular weight excluding hydrogens is 442 g/mol. The van der Waals surface area contributed by atoms with E-state index in [1.807, 2.05) is 48.7 Å². The van der Waals surface area contributed by atoms with Gasteiger partial charge in [0.2, 0.25) is 10.0 Å². The second-order valence-corrected chi connectivity index (χ2v) is 9.82. The van der Waals surface area contributed by atoms with Gasteiger partial charge in [-0.05, 0) is 53.8 Å². The van der Waals surface area contributed by atoms with Crippen LogP contribution < -0.4 is 5.43 Å². The topological polar surface area (TPSA) is 78.8 Å². The molecule has 0 aliphatic rings. The molecule has 3 aromatic rings. The van der Waals surface area contributed by atoms with Gasteiger partial charge in [0.05, 0.1) is 17.7 Å². The first-order valence-corrected chi connectivity index (χ1v) is 11.7. The number of amides is 1. The summed E-state index contributed by atoms with van der Waals surface area (Å²) in [6, 6.07) is 17.0. The van der Waals surface area contributed by atoms with Crippen molar-refractivity contribution in [1.29, 1.82) is 0 Å². The van der Waals surface area contributed by atoms with E-state index in [9.17, 15) is 13.2 Å². The monoisotopic (exact) mass is 461 g/mol. The number of aryl methyl sites for hydroxylation is 1. The molecule has 0 saturated carbocycles. The normalized spacial score (nSPS) is 11.8. The molecule has 0 radical (unpaired) electrons. The zero-order valence-electron chi connectivity index (χ0n) is 16.2. The van der Waals surface area contributed by atoms with Crippen molar-refractivity contribution in [2.45, 2.75) is 18.4 Å². The van der Waals surface area contributed by atoms with Crippen LogP contribution in [0.2, 0.25) is 5.02 Å². The second-order valence-electron chi connectivity index (χ2n) is 6.46. The highest BCUT2D eigenvalue weighted by Gasteiger charge is 2.27. The molecule has 1 amide bonds. The molecule has 3 rings (SSSR count). The minimum Gasteiger partial charge on any atom is -0.272 e. The van der Waals surface area contributed by atoms with Gasteiger partial charge in [-0.25, -0.2) is 13.8 Å². The van der Waals surface area contributed by atoms with Gasteiger partial charge >= 0.3 is 0 Å². The van der Waals surface area contributed by atoms with Crippen molar-refractivity contribution < 1.29 is 13.2 Å². The van der Waals surface area contributed by atoms with E-state index in [1.54, 1.807) is 0 Å². The number of hydrazone groups is 1. The Balaban J connectivity index is 1.82. The summed E-state index contributed by atoms with van der Waals surface area (Å²) in [7, 11) is -3.93. The molecule has 30 heavy (non-hydrogen) atoms. The summed E-state index contributed by atoms with van der Waals surface area (Å²) in [5.41, 5.74) is 4.14. The first kappa shape index (κ1) is 22.2. The van der Waals surface area contributed by atoms with Crippen LogP contribution in [0.5, 0.6) is 0 Å². The van der Waals surface area contributed by atoms with Crippen LogP contribution in [0.25, 0.3) is 0 Å². The van der Waals surface area contributed by atoms with E-state index in [-0.39, 0.29) is 18.0 Å². The average Bonchev–Trinajstić information content (AvgIpc) is 3.23. The smallest absolute Gasteiger partial charge is 0.255 e. The Bertz CT molecular complexity index is 1130. The molecule has 0 aliphatic carbocycles. The zero-order valence-corrected chi connectivity index (χ0v) is 18.5. The van der Waals surface area contributed by atoms with E-state index in [4.69, 9.17) is 11.6 Å². The van der Waals surface area contributed by atoms with Crippen LogP contribution in [0.15, 0.2) is 76.0 Å². The highest BCUT2D eigenvalue weighted by Crippen LogP contribution is 2.21. The maximum atomic E-state index is 13.2. The standard InChI is InChI=1S/C21H20ClN3O3S2/c1-16-5-2-3-6-17(16)14-25(30(27,28)20-10-8-18(22)9-11-20)15-21(26)24-23-13-19-7-4-12-29-19/h2-13H,14-15H2,1H3,(H,24,26)/b23-13-. The number of nitrogens with one attached hydrogen (secondary N) is 1. The molecule has 6 nitrogen and oxygen atoms in total. The van der Waals surface area contributed by atoms with Gasteiger partial charge in [0.1, 0.15) is 0 Å². The highest BCUT2D eigenvalue weighted by molar-refractivity contribution is 7.89. The van der Waals surface area contributed by atoms with Crippen molar-refractivity contribution in [2.24, 2.45) is 5.10 Å². The summed E-state index contributed by atoms with van der Waals surface area (Å²) in [5, 5.41) is 6.23. The lowest BCUT2D eigenvalue weighted by molar-refractivity contribution is -0.121. The fraction of sp³-hybridized carbons (Fsp3) is 0.143. The van der Waals surface area contributed by atoms with Crippen LogP contribution in [0, 0.1) is 6.92 Å². The number of sulfonamides is 1. The number of halogens is 1. The van der Waals surface area contributed by atoms with Gasteiger partial charge in [-0.2, -0.15) is 9.41 Å². The fourth-order valence-electron chi connectivity index (χ4n) is 2.69. The lowest BCUT2D eigenvalue weighted by Gasteiger charge is -2.22. The van der Waals surface area contributed by atoms with Gasteiger partial charge in [0.15, 0.2) is 0 Å². The van der Waals surface area contributed by atoms with E-state index in [2.05, 4.69) is 10.5 Å². The molecule has 0 aliphatic heterocycles. The summed E-state index contributed by atoms with van der Waals surface area (Å²) < 4.78 is 27.6. The van der Waals surface area contributed by atoms with Crippen LogP contribution in [0.4, 0.5) is 0 Å². The number of benzene rings is 2. The minimum atomic E-state index is -3.93. The van der Waals surface area contributed by atoms with Crippen molar-refractivity contribution in [2.75, 3.05) is 6.54 Å². The summed E-state index contributed by atoms with van der Waals surface area (Å²) in [6.07, 6.45) is 1.52. The van der Waals surface area contributed by atoms with E-state index in [0.717, 1.165) is 20.3 Å². The lowest BCUT2D eigenvalue weighted by Crippen LogP contribution is -2.39. The number of thiophene rings is 1. The maximum Gasteiger partial charge on any atom is 0.255 e. The molecule has 1 heterocycles. The van der Waals surface area contributed by atoms with Gasteiger partial charge in [0, 0.05) is 16.4 Å². The molecule has 0 fully saturated rings. The number of carbonyl (C=O) groups excluding carboxylic acids is 1. The minimum absolute atomic E-state index is 0.0553. The van der Waals surface area contributed by atoms with Crippen molar-refractivity contribution in [1.82, 2.24) is 9.73 Å². The molecule has 2 aromatic carbocycles. The Kier molecular flexibility index (Phi) is 7.38. The molecule has 1 N–H and O–H groups in total. The molecule has 0 bridgehead atoms. The quantitative estimate of drug-likeness (QED) is 0.406. The van der Waals surface area contributed by atoms with Crippen LogP contribution in [-0.2, 0) is 21.4 Å². The molecule has 156 valence electrons. The Morgan fingerprint density at radius 3 is 2.53 bits per heavy atom. The molecule has 0 spiro atoms. The van der Waals surface area contributed by atoms with E-state index < -0.39 is 15.9 Å². The summed E-state index contributed by atoms with van der Waals surface area (Å²) >= 11 is 7.36. The number of carbonyl (C=O) groups is 1. The summed E-state index contributed by atoms with van der Waals surface area (Å²) in [6.45, 7) is 1.58. The lowest BCUT2D eigenvalue weighted by atomic mass is 10.1. The summed E-state index contributed by atoms with van der Waals surface area (Å²) in [5.74, 6) is -0.533. The van der Waals surface area contributed by atoms with Gasteiger partial charge in [-0.3, -0.25) is 4.79 Å². The Morgan fingerprint density at radius 1 is 1.13 bits per heavy atom. The van der Waals surface area contributed by atoms with Gasteiger partial charge in [-0.1, -0.05) is 41.9 Å². The first-order valence-electron chi connectivity index (χ1n) is 9.02. The van der Waals surface area contributed by atoms with Crippen LogP contribution >= 0.6 is 22.9 Å². The SMILES string of the molecule is Cc1ccccc1CN(CC(=O)N/N=C\c1cccs1)S(=O)(=O)c1ccc(Cl)cc1. The second kappa shape index (κ2) is 9.99. The first-order chi connectivity index (χ1) is 14.4. The third-order valence-corrected chi connectivity index (χ3v) is 7.17. The van der Waals surface area contributed by atoms with E-state index in [0.29, 0.717) is 5.02 Å². The predicted octanol–water partition coefficient (Wildman–Crippen LogP) is 4.05. The zero-order chi connectivity index (χ0) is 21.6. The molecule has 0 atom stereocenters. The highest BCUT2D eigenvalue weighted by atomic mass is 35.5. The third kappa shape index (κ3) is 5.76. The van der Waals surface area contributed by atoms with Crippen LogP contribution in [-0.4, -0.2) is 31.4 Å². The van der Waals surface area contributed by atoms with Crippen molar-refractivity contribution in [3.8, 4) is 0 Å².